The summed E-state index contributed by atoms with van der Waals surface area (Å²) in [5, 5.41) is 0.651. The first-order valence-corrected chi connectivity index (χ1v) is 9.63. The number of guanidine groups is 1. The summed E-state index contributed by atoms with van der Waals surface area (Å²) in [5.41, 5.74) is 10.4. The van der Waals surface area contributed by atoms with Crippen LogP contribution in [0.25, 0.3) is 0 Å². The van der Waals surface area contributed by atoms with Gasteiger partial charge >= 0.3 is 0 Å². The van der Waals surface area contributed by atoms with E-state index in [4.69, 9.17) is 17.3 Å². The van der Waals surface area contributed by atoms with Crippen LogP contribution in [0.15, 0.2) is 46.3 Å². The van der Waals surface area contributed by atoms with Crippen LogP contribution in [0.3, 0.4) is 0 Å². The maximum Gasteiger partial charge on any atom is 0.200 e. The molecule has 0 bridgehead atoms. The van der Waals surface area contributed by atoms with Gasteiger partial charge in [0.05, 0.1) is 10.7 Å². The van der Waals surface area contributed by atoms with E-state index in [0.29, 0.717) is 11.0 Å². The second kappa shape index (κ2) is 8.45. The zero-order chi connectivity index (χ0) is 17.7. The molecule has 128 valence electrons. The molecule has 2 rings (SSSR count). The standard InChI is InChI=1S/C19H24ClN3S/c1-5-13-8-7-9-15(10-13)23(3)19(21)22-16-11-14(6-2)12-17(24-4)18(16)20/h7-12H,5-6H2,1-4H3,(H2,21,22). The molecular weight excluding hydrogens is 338 g/mol. The number of thioether (sulfide) groups is 1. The molecule has 0 unspecified atom stereocenters. The third-order valence-corrected chi connectivity index (χ3v) is 5.26. The third kappa shape index (κ3) is 4.25. The fourth-order valence-corrected chi connectivity index (χ4v) is 3.32. The number of rotatable bonds is 5. The Morgan fingerprint density at radius 1 is 1.17 bits per heavy atom. The van der Waals surface area contributed by atoms with Gasteiger partial charge in [-0.05, 0) is 54.5 Å². The van der Waals surface area contributed by atoms with E-state index >= 15 is 0 Å². The minimum Gasteiger partial charge on any atom is -0.369 e. The number of hydrogen-bond acceptors (Lipinski definition) is 2. The molecule has 0 saturated carbocycles. The van der Waals surface area contributed by atoms with Crippen molar-refractivity contribution in [2.24, 2.45) is 10.7 Å². The number of anilines is 1. The third-order valence-electron chi connectivity index (χ3n) is 3.99. The lowest BCUT2D eigenvalue weighted by molar-refractivity contribution is 1.11. The number of nitrogens with zero attached hydrogens (tertiary/aromatic N) is 2. The lowest BCUT2D eigenvalue weighted by Gasteiger charge is -2.19. The summed E-state index contributed by atoms with van der Waals surface area (Å²) in [6, 6.07) is 12.4. The van der Waals surface area contributed by atoms with E-state index in [2.05, 4.69) is 37.0 Å². The highest BCUT2D eigenvalue weighted by Gasteiger charge is 2.11. The Hall–Kier alpha value is -1.65. The Morgan fingerprint density at radius 3 is 2.50 bits per heavy atom. The molecule has 2 aromatic rings. The van der Waals surface area contributed by atoms with Crippen LogP contribution >= 0.6 is 23.4 Å². The van der Waals surface area contributed by atoms with Crippen molar-refractivity contribution >= 4 is 40.7 Å². The Bertz CT molecular complexity index is 743. The van der Waals surface area contributed by atoms with Crippen molar-refractivity contribution in [2.75, 3.05) is 18.2 Å². The lowest BCUT2D eigenvalue weighted by atomic mass is 10.1. The van der Waals surface area contributed by atoms with Crippen LogP contribution in [-0.4, -0.2) is 19.3 Å². The molecule has 0 aromatic heterocycles. The van der Waals surface area contributed by atoms with Gasteiger partial charge in [0.2, 0.25) is 5.96 Å². The first kappa shape index (κ1) is 18.7. The fourth-order valence-electron chi connectivity index (χ4n) is 2.39. The number of hydrogen-bond donors (Lipinski definition) is 1. The van der Waals surface area contributed by atoms with E-state index in [1.165, 1.54) is 11.1 Å². The molecular formula is C19H24ClN3S. The Morgan fingerprint density at radius 2 is 1.88 bits per heavy atom. The van der Waals surface area contributed by atoms with Gasteiger partial charge in [-0.2, -0.15) is 0 Å². The number of benzene rings is 2. The van der Waals surface area contributed by atoms with E-state index in [-0.39, 0.29) is 0 Å². The highest BCUT2D eigenvalue weighted by atomic mass is 35.5. The van der Waals surface area contributed by atoms with Gasteiger partial charge in [0, 0.05) is 17.6 Å². The van der Waals surface area contributed by atoms with E-state index in [9.17, 15) is 0 Å². The summed E-state index contributed by atoms with van der Waals surface area (Å²) in [5.74, 6) is 0.422. The summed E-state index contributed by atoms with van der Waals surface area (Å²) in [4.78, 5) is 7.49. The van der Waals surface area contributed by atoms with Crippen molar-refractivity contribution in [1.29, 1.82) is 0 Å². The molecule has 0 amide bonds. The summed E-state index contributed by atoms with van der Waals surface area (Å²) in [7, 11) is 1.92. The van der Waals surface area contributed by atoms with Crippen LogP contribution in [-0.2, 0) is 12.8 Å². The largest absolute Gasteiger partial charge is 0.369 e. The Kier molecular flexibility index (Phi) is 6.58. The first-order valence-electron chi connectivity index (χ1n) is 8.03. The summed E-state index contributed by atoms with van der Waals surface area (Å²) >= 11 is 8.10. The fraction of sp³-hybridized carbons (Fsp3) is 0.316. The Labute approximate surface area is 153 Å². The van der Waals surface area contributed by atoms with Gasteiger partial charge in [-0.15, -0.1) is 11.8 Å². The average Bonchev–Trinajstić information content (AvgIpc) is 2.62. The molecule has 0 radical (unpaired) electrons. The summed E-state index contributed by atoms with van der Waals surface area (Å²) < 4.78 is 0. The number of halogens is 1. The molecule has 0 aliphatic heterocycles. The van der Waals surface area contributed by atoms with Crippen LogP contribution in [0.1, 0.15) is 25.0 Å². The van der Waals surface area contributed by atoms with Crippen LogP contribution in [0, 0.1) is 0 Å². The van der Waals surface area contributed by atoms with Crippen LogP contribution in [0.5, 0.6) is 0 Å². The molecule has 0 aliphatic carbocycles. The predicted molar refractivity (Wildman–Crippen MR) is 108 cm³/mol. The lowest BCUT2D eigenvalue weighted by Crippen LogP contribution is -2.33. The second-order valence-corrected chi connectivity index (χ2v) is 6.76. The normalized spacial score (nSPS) is 11.6. The minimum absolute atomic E-state index is 0.422. The zero-order valence-electron chi connectivity index (χ0n) is 14.6. The van der Waals surface area contributed by atoms with Crippen molar-refractivity contribution < 1.29 is 0 Å². The van der Waals surface area contributed by atoms with Gasteiger partial charge in [-0.3, -0.25) is 0 Å². The van der Waals surface area contributed by atoms with Gasteiger partial charge in [0.1, 0.15) is 0 Å². The highest BCUT2D eigenvalue weighted by Crippen LogP contribution is 2.35. The SMILES string of the molecule is CCc1cccc(N(C)C(N)=Nc2cc(CC)cc(SC)c2Cl)c1. The summed E-state index contributed by atoms with van der Waals surface area (Å²) in [6.45, 7) is 4.25. The topological polar surface area (TPSA) is 41.6 Å². The van der Waals surface area contributed by atoms with E-state index in [1.807, 2.05) is 36.4 Å². The minimum atomic E-state index is 0.422. The smallest absolute Gasteiger partial charge is 0.200 e. The van der Waals surface area contributed by atoms with Gasteiger partial charge < -0.3 is 10.6 Å². The van der Waals surface area contributed by atoms with Crippen LogP contribution in [0.4, 0.5) is 11.4 Å². The molecule has 2 aromatic carbocycles. The molecule has 0 atom stereocenters. The van der Waals surface area contributed by atoms with Gasteiger partial charge in [-0.1, -0.05) is 37.6 Å². The van der Waals surface area contributed by atoms with E-state index in [0.717, 1.165) is 29.1 Å². The molecule has 2 N–H and O–H groups in total. The van der Waals surface area contributed by atoms with Gasteiger partial charge in [0.15, 0.2) is 0 Å². The maximum atomic E-state index is 6.48. The molecule has 0 spiro atoms. The van der Waals surface area contributed by atoms with E-state index in [1.54, 1.807) is 11.8 Å². The monoisotopic (exact) mass is 361 g/mol. The first-order chi connectivity index (χ1) is 11.5. The van der Waals surface area contributed by atoms with Crippen LogP contribution < -0.4 is 10.6 Å². The number of aryl methyl sites for hydroxylation is 2. The molecule has 24 heavy (non-hydrogen) atoms. The zero-order valence-corrected chi connectivity index (χ0v) is 16.2. The van der Waals surface area contributed by atoms with E-state index < -0.39 is 0 Å². The van der Waals surface area contributed by atoms with Crippen LogP contribution in [0.2, 0.25) is 5.02 Å². The molecule has 5 heteroatoms. The van der Waals surface area contributed by atoms with Crippen molar-refractivity contribution in [3.63, 3.8) is 0 Å². The predicted octanol–water partition coefficient (Wildman–Crippen LogP) is 5.27. The Balaban J connectivity index is 2.39. The van der Waals surface area contributed by atoms with Crippen molar-refractivity contribution in [1.82, 2.24) is 0 Å². The molecule has 0 heterocycles. The van der Waals surface area contributed by atoms with Crippen molar-refractivity contribution in [2.45, 2.75) is 31.6 Å². The van der Waals surface area contributed by atoms with Crippen molar-refractivity contribution in [3.8, 4) is 0 Å². The highest BCUT2D eigenvalue weighted by molar-refractivity contribution is 7.98. The quantitative estimate of drug-likeness (QED) is 0.448. The number of nitrogens with two attached hydrogens (primary N) is 1. The molecule has 0 fully saturated rings. The molecule has 0 aliphatic rings. The molecule has 3 nitrogen and oxygen atoms in total. The maximum absolute atomic E-state index is 6.48. The molecule has 0 saturated heterocycles. The average molecular weight is 362 g/mol. The van der Waals surface area contributed by atoms with Crippen molar-refractivity contribution in [3.05, 3.63) is 52.5 Å². The van der Waals surface area contributed by atoms with Gasteiger partial charge in [0.25, 0.3) is 0 Å². The van der Waals surface area contributed by atoms with Gasteiger partial charge in [-0.25, -0.2) is 4.99 Å². The number of aliphatic imine (C=N–C) groups is 1. The summed E-state index contributed by atoms with van der Waals surface area (Å²) in [6.07, 6.45) is 3.93. The second-order valence-electron chi connectivity index (χ2n) is 5.54.